The van der Waals surface area contributed by atoms with Crippen molar-refractivity contribution in [2.24, 2.45) is 5.92 Å². The summed E-state index contributed by atoms with van der Waals surface area (Å²) in [5.74, 6) is 0.881. The van der Waals surface area contributed by atoms with Gasteiger partial charge in [0.2, 0.25) is 5.91 Å². The second kappa shape index (κ2) is 7.46. The van der Waals surface area contributed by atoms with E-state index in [2.05, 4.69) is 5.32 Å². The molecular weight excluding hydrogens is 266 g/mol. The lowest BCUT2D eigenvalue weighted by Gasteiger charge is -2.27. The van der Waals surface area contributed by atoms with Crippen LogP contribution < -0.4 is 10.1 Å². The molecule has 0 bridgehead atoms. The summed E-state index contributed by atoms with van der Waals surface area (Å²) in [7, 11) is 1.63. The Morgan fingerprint density at radius 3 is 2.81 bits per heavy atom. The SMILES string of the molecule is COc1ccccc1[C@@H](C)NC(=O)C[C@@H]1CCCC[C@H]1O. The first-order valence-electron chi connectivity index (χ1n) is 7.72. The molecule has 0 aromatic heterocycles. The van der Waals surface area contributed by atoms with Crippen molar-refractivity contribution in [3.05, 3.63) is 29.8 Å². The number of aliphatic hydroxyl groups excluding tert-OH is 1. The van der Waals surface area contributed by atoms with E-state index >= 15 is 0 Å². The Morgan fingerprint density at radius 2 is 2.10 bits per heavy atom. The van der Waals surface area contributed by atoms with Crippen molar-refractivity contribution in [1.29, 1.82) is 0 Å². The first-order chi connectivity index (χ1) is 10.1. The number of amides is 1. The third kappa shape index (κ3) is 4.21. The summed E-state index contributed by atoms with van der Waals surface area (Å²) in [5, 5.41) is 13.0. The summed E-state index contributed by atoms with van der Waals surface area (Å²) in [6, 6.07) is 7.59. The fourth-order valence-corrected chi connectivity index (χ4v) is 3.07. The Bertz CT molecular complexity index is 475. The Morgan fingerprint density at radius 1 is 1.38 bits per heavy atom. The maximum Gasteiger partial charge on any atom is 0.220 e. The molecule has 1 saturated carbocycles. The number of hydrogen-bond acceptors (Lipinski definition) is 3. The molecule has 0 saturated heterocycles. The average molecular weight is 291 g/mol. The average Bonchev–Trinajstić information content (AvgIpc) is 2.49. The molecule has 1 aromatic carbocycles. The highest BCUT2D eigenvalue weighted by molar-refractivity contribution is 5.76. The van der Waals surface area contributed by atoms with Crippen LogP contribution >= 0.6 is 0 Å². The monoisotopic (exact) mass is 291 g/mol. The summed E-state index contributed by atoms with van der Waals surface area (Å²) in [6.45, 7) is 1.95. The Kier molecular flexibility index (Phi) is 5.62. The normalized spacial score (nSPS) is 23.4. The van der Waals surface area contributed by atoms with E-state index in [4.69, 9.17) is 4.74 Å². The van der Waals surface area contributed by atoms with E-state index < -0.39 is 0 Å². The number of methoxy groups -OCH3 is 1. The minimum Gasteiger partial charge on any atom is -0.496 e. The van der Waals surface area contributed by atoms with Crippen molar-refractivity contribution in [1.82, 2.24) is 5.32 Å². The number of rotatable bonds is 5. The highest BCUT2D eigenvalue weighted by Gasteiger charge is 2.26. The quantitative estimate of drug-likeness (QED) is 0.877. The minimum atomic E-state index is -0.328. The predicted molar refractivity (Wildman–Crippen MR) is 82.1 cm³/mol. The van der Waals surface area contributed by atoms with Crippen LogP contribution in [0.2, 0.25) is 0 Å². The fourth-order valence-electron chi connectivity index (χ4n) is 3.07. The molecule has 0 radical (unpaired) electrons. The third-order valence-corrected chi connectivity index (χ3v) is 4.30. The van der Waals surface area contributed by atoms with Crippen LogP contribution in [0.15, 0.2) is 24.3 Å². The molecule has 3 atom stereocenters. The standard InChI is InChI=1S/C17H25NO3/c1-12(14-8-4-6-10-16(14)21-2)18-17(20)11-13-7-3-5-9-15(13)19/h4,6,8,10,12-13,15,19H,3,5,7,9,11H2,1-2H3,(H,18,20)/t12-,13+,15-/m1/s1. The highest BCUT2D eigenvalue weighted by Crippen LogP contribution is 2.28. The van der Waals surface area contributed by atoms with E-state index in [1.807, 2.05) is 31.2 Å². The molecule has 0 aliphatic heterocycles. The van der Waals surface area contributed by atoms with Gasteiger partial charge in [0.1, 0.15) is 5.75 Å². The van der Waals surface area contributed by atoms with Gasteiger partial charge in [0.05, 0.1) is 19.3 Å². The Hall–Kier alpha value is -1.55. The molecule has 2 N–H and O–H groups in total. The molecule has 1 aliphatic carbocycles. The molecule has 0 heterocycles. The van der Waals surface area contributed by atoms with Gasteiger partial charge in [-0.25, -0.2) is 0 Å². The van der Waals surface area contributed by atoms with Gasteiger partial charge in [0.15, 0.2) is 0 Å². The van der Waals surface area contributed by atoms with Crippen molar-refractivity contribution in [2.75, 3.05) is 7.11 Å². The summed E-state index contributed by atoms with van der Waals surface area (Å²) in [6.07, 6.45) is 4.01. The van der Waals surface area contributed by atoms with E-state index in [0.29, 0.717) is 6.42 Å². The number of hydrogen-bond donors (Lipinski definition) is 2. The van der Waals surface area contributed by atoms with Gasteiger partial charge >= 0.3 is 0 Å². The van der Waals surface area contributed by atoms with Crippen molar-refractivity contribution in [3.63, 3.8) is 0 Å². The van der Waals surface area contributed by atoms with Crippen molar-refractivity contribution in [2.45, 2.75) is 51.2 Å². The molecule has 1 aromatic rings. The van der Waals surface area contributed by atoms with Crippen LogP contribution in [0, 0.1) is 5.92 Å². The van der Waals surface area contributed by atoms with E-state index in [1.165, 1.54) is 0 Å². The van der Waals surface area contributed by atoms with Crippen molar-refractivity contribution < 1.29 is 14.6 Å². The third-order valence-electron chi connectivity index (χ3n) is 4.30. The maximum atomic E-state index is 12.2. The molecule has 1 fully saturated rings. The smallest absolute Gasteiger partial charge is 0.220 e. The van der Waals surface area contributed by atoms with Crippen LogP contribution in [0.4, 0.5) is 0 Å². The highest BCUT2D eigenvalue weighted by atomic mass is 16.5. The number of ether oxygens (including phenoxy) is 1. The first kappa shape index (κ1) is 15.8. The molecular formula is C17H25NO3. The van der Waals surface area contributed by atoms with Gasteiger partial charge in [-0.05, 0) is 31.7 Å². The lowest BCUT2D eigenvalue weighted by Crippen LogP contribution is -2.33. The van der Waals surface area contributed by atoms with Gasteiger partial charge in [-0.1, -0.05) is 31.0 Å². The molecule has 1 amide bonds. The van der Waals surface area contributed by atoms with Gasteiger partial charge in [-0.2, -0.15) is 0 Å². The number of nitrogens with one attached hydrogen (secondary N) is 1. The van der Waals surface area contributed by atoms with E-state index in [9.17, 15) is 9.90 Å². The number of para-hydroxylation sites is 1. The van der Waals surface area contributed by atoms with E-state index in [-0.39, 0.29) is 24.0 Å². The van der Waals surface area contributed by atoms with Gasteiger partial charge in [-0.15, -0.1) is 0 Å². The zero-order chi connectivity index (χ0) is 15.2. The fraction of sp³-hybridized carbons (Fsp3) is 0.588. The zero-order valence-corrected chi connectivity index (χ0v) is 12.8. The second-order valence-corrected chi connectivity index (χ2v) is 5.85. The summed E-state index contributed by atoms with van der Waals surface area (Å²) in [4.78, 5) is 12.2. The van der Waals surface area contributed by atoms with Crippen LogP contribution in [0.25, 0.3) is 0 Å². The summed E-state index contributed by atoms with van der Waals surface area (Å²) >= 11 is 0. The van der Waals surface area contributed by atoms with Gasteiger partial charge < -0.3 is 15.2 Å². The largest absolute Gasteiger partial charge is 0.496 e. The van der Waals surface area contributed by atoms with Gasteiger partial charge in [-0.3, -0.25) is 4.79 Å². The van der Waals surface area contributed by atoms with Crippen LogP contribution in [-0.2, 0) is 4.79 Å². The minimum absolute atomic E-state index is 0.000596. The number of benzene rings is 1. The molecule has 4 nitrogen and oxygen atoms in total. The number of carbonyl (C=O) groups is 1. The van der Waals surface area contributed by atoms with Crippen LogP contribution in [0.3, 0.4) is 0 Å². The molecule has 1 aliphatic rings. The summed E-state index contributed by atoms with van der Waals surface area (Å²) < 4.78 is 5.32. The van der Waals surface area contributed by atoms with E-state index in [1.54, 1.807) is 7.11 Å². The topological polar surface area (TPSA) is 58.6 Å². The van der Waals surface area contributed by atoms with Crippen molar-refractivity contribution >= 4 is 5.91 Å². The molecule has 21 heavy (non-hydrogen) atoms. The molecule has 4 heteroatoms. The lowest BCUT2D eigenvalue weighted by molar-refractivity contribution is -0.124. The van der Waals surface area contributed by atoms with Crippen molar-refractivity contribution in [3.8, 4) is 5.75 Å². The Labute approximate surface area is 126 Å². The molecule has 2 rings (SSSR count). The molecule has 0 spiro atoms. The Balaban J connectivity index is 1.92. The molecule has 0 unspecified atom stereocenters. The van der Waals surface area contributed by atoms with Crippen LogP contribution in [-0.4, -0.2) is 24.2 Å². The summed E-state index contributed by atoms with van der Waals surface area (Å²) in [5.41, 5.74) is 0.970. The van der Waals surface area contributed by atoms with Gasteiger partial charge in [0, 0.05) is 12.0 Å². The van der Waals surface area contributed by atoms with E-state index in [0.717, 1.165) is 37.0 Å². The first-order valence-corrected chi connectivity index (χ1v) is 7.72. The number of aliphatic hydroxyl groups is 1. The van der Waals surface area contributed by atoms with Gasteiger partial charge in [0.25, 0.3) is 0 Å². The molecule has 116 valence electrons. The number of carbonyl (C=O) groups excluding carboxylic acids is 1. The second-order valence-electron chi connectivity index (χ2n) is 5.85. The maximum absolute atomic E-state index is 12.2. The predicted octanol–water partition coefficient (Wildman–Crippen LogP) is 2.81. The lowest BCUT2D eigenvalue weighted by atomic mass is 9.84. The van der Waals surface area contributed by atoms with Crippen LogP contribution in [0.1, 0.15) is 50.6 Å². The van der Waals surface area contributed by atoms with Crippen LogP contribution in [0.5, 0.6) is 5.75 Å². The zero-order valence-electron chi connectivity index (χ0n) is 12.8.